The van der Waals surface area contributed by atoms with Crippen LogP contribution in [-0.2, 0) is 5.75 Å². The van der Waals surface area contributed by atoms with Crippen molar-refractivity contribution < 1.29 is 9.13 Å². The van der Waals surface area contributed by atoms with Crippen molar-refractivity contribution in [2.75, 3.05) is 5.32 Å². The highest BCUT2D eigenvalue weighted by molar-refractivity contribution is 7.98. The van der Waals surface area contributed by atoms with E-state index >= 15 is 0 Å². The second kappa shape index (κ2) is 8.35. The van der Waals surface area contributed by atoms with Gasteiger partial charge in [-0.2, -0.15) is 4.98 Å². The van der Waals surface area contributed by atoms with E-state index in [4.69, 9.17) is 4.74 Å². The number of nitrogens with zero attached hydrogens (tertiary/aromatic N) is 3. The van der Waals surface area contributed by atoms with E-state index in [2.05, 4.69) is 51.7 Å². The summed E-state index contributed by atoms with van der Waals surface area (Å²) >= 11 is 1.49. The van der Waals surface area contributed by atoms with Gasteiger partial charge in [0.25, 0.3) is 0 Å². The van der Waals surface area contributed by atoms with Gasteiger partial charge in [0.15, 0.2) is 11.9 Å². The fraction of sp³-hybridized carbons (Fsp3) is 0.125. The molecule has 1 aliphatic rings. The van der Waals surface area contributed by atoms with Gasteiger partial charge >= 0.3 is 0 Å². The Hall–Kier alpha value is -3.45. The van der Waals surface area contributed by atoms with E-state index in [1.54, 1.807) is 6.07 Å². The van der Waals surface area contributed by atoms with Crippen LogP contribution in [0.2, 0.25) is 0 Å². The Balaban J connectivity index is 1.48. The van der Waals surface area contributed by atoms with Crippen LogP contribution in [0.1, 0.15) is 22.9 Å². The number of thioether (sulfide) groups is 1. The molecule has 5 nitrogen and oxygen atoms in total. The maximum atomic E-state index is 13.8. The van der Waals surface area contributed by atoms with E-state index < -0.39 is 6.23 Å². The minimum atomic E-state index is -0.607. The number of para-hydroxylation sites is 1. The van der Waals surface area contributed by atoms with E-state index in [9.17, 15) is 4.39 Å². The largest absolute Gasteiger partial charge is 0.448 e. The number of aromatic nitrogens is 3. The molecule has 1 N–H and O–H groups in total. The van der Waals surface area contributed by atoms with Gasteiger partial charge in [-0.25, -0.2) is 4.39 Å². The Morgan fingerprint density at radius 2 is 1.84 bits per heavy atom. The Morgan fingerprint density at radius 1 is 1.00 bits per heavy atom. The summed E-state index contributed by atoms with van der Waals surface area (Å²) in [6.07, 6.45) is -0.607. The van der Waals surface area contributed by atoms with Crippen LogP contribution in [0.3, 0.4) is 0 Å². The molecule has 0 saturated carbocycles. The van der Waals surface area contributed by atoms with E-state index in [1.807, 2.05) is 30.3 Å². The Morgan fingerprint density at radius 3 is 2.68 bits per heavy atom. The fourth-order valence-electron chi connectivity index (χ4n) is 3.36. The molecule has 3 aromatic carbocycles. The maximum absolute atomic E-state index is 13.8. The zero-order chi connectivity index (χ0) is 21.2. The van der Waals surface area contributed by atoms with Gasteiger partial charge in [-0.1, -0.05) is 71.9 Å². The number of fused-ring (bicyclic) bond motifs is 3. The molecule has 0 aliphatic carbocycles. The summed E-state index contributed by atoms with van der Waals surface area (Å²) in [6.45, 7) is 2.06. The van der Waals surface area contributed by atoms with Gasteiger partial charge in [0, 0.05) is 22.6 Å². The number of benzene rings is 3. The maximum Gasteiger partial charge on any atom is 0.247 e. The van der Waals surface area contributed by atoms with Crippen LogP contribution in [0.25, 0.3) is 11.3 Å². The molecule has 31 heavy (non-hydrogen) atoms. The highest BCUT2D eigenvalue weighted by Gasteiger charge is 2.26. The van der Waals surface area contributed by atoms with Crippen LogP contribution in [-0.4, -0.2) is 15.2 Å². The first-order valence-corrected chi connectivity index (χ1v) is 10.9. The molecule has 0 saturated heterocycles. The van der Waals surface area contributed by atoms with Gasteiger partial charge in [0.2, 0.25) is 11.0 Å². The Bertz CT molecular complexity index is 1230. The van der Waals surface area contributed by atoms with Crippen LogP contribution < -0.4 is 10.1 Å². The highest BCUT2D eigenvalue weighted by Crippen LogP contribution is 2.39. The van der Waals surface area contributed by atoms with E-state index in [1.165, 1.54) is 35.0 Å². The van der Waals surface area contributed by atoms with Gasteiger partial charge in [0.05, 0.1) is 0 Å². The van der Waals surface area contributed by atoms with Crippen molar-refractivity contribution in [3.05, 3.63) is 95.3 Å². The number of anilines is 1. The van der Waals surface area contributed by atoms with Crippen molar-refractivity contribution in [1.29, 1.82) is 0 Å². The monoisotopic (exact) mass is 430 g/mol. The van der Waals surface area contributed by atoms with Crippen LogP contribution in [0, 0.1) is 12.7 Å². The molecular weight excluding hydrogens is 411 g/mol. The summed E-state index contributed by atoms with van der Waals surface area (Å²) in [5, 5.41) is 12.6. The zero-order valence-corrected chi connectivity index (χ0v) is 17.6. The second-order valence-corrected chi connectivity index (χ2v) is 8.21. The number of aryl methyl sites for hydroxylation is 1. The van der Waals surface area contributed by atoms with Crippen LogP contribution in [0.5, 0.6) is 5.88 Å². The molecular formula is C24H19FN4OS. The fourth-order valence-corrected chi connectivity index (χ4v) is 4.10. The summed E-state index contributed by atoms with van der Waals surface area (Å²) < 4.78 is 20.0. The average molecular weight is 431 g/mol. The molecule has 0 unspecified atom stereocenters. The third kappa shape index (κ3) is 4.22. The standard InChI is InChI=1S/C24H19FN4OS/c1-15-9-11-16(12-10-15)14-31-24-27-23-21(28-29-24)19-7-2-3-8-20(19)26-22(30-23)17-5-4-6-18(25)13-17/h2-13,22,26H,14H2,1H3/t22-/m1/s1. The molecule has 0 fully saturated rings. The summed E-state index contributed by atoms with van der Waals surface area (Å²) in [5.74, 6) is 0.770. The number of hydrogen-bond donors (Lipinski definition) is 1. The van der Waals surface area contributed by atoms with Crippen molar-refractivity contribution >= 4 is 17.4 Å². The first-order chi connectivity index (χ1) is 15.2. The summed E-state index contributed by atoms with van der Waals surface area (Å²) in [6, 6.07) is 22.4. The summed E-state index contributed by atoms with van der Waals surface area (Å²) in [7, 11) is 0. The molecule has 1 aromatic heterocycles. The van der Waals surface area contributed by atoms with Gasteiger partial charge in [0.1, 0.15) is 5.82 Å². The lowest BCUT2D eigenvalue weighted by Crippen LogP contribution is -2.17. The molecule has 0 spiro atoms. The number of hydrogen-bond acceptors (Lipinski definition) is 6. The molecule has 7 heteroatoms. The molecule has 2 heterocycles. The minimum absolute atomic E-state index is 0.323. The first-order valence-electron chi connectivity index (χ1n) is 9.87. The molecule has 1 atom stereocenters. The van der Waals surface area contributed by atoms with E-state index in [-0.39, 0.29) is 5.82 Å². The SMILES string of the molecule is Cc1ccc(CSc2nnc3c(n2)O[C@H](c2cccc(F)c2)Nc2ccccc2-3)cc1. The number of halogens is 1. The zero-order valence-electron chi connectivity index (χ0n) is 16.7. The Labute approximate surface area is 183 Å². The van der Waals surface area contributed by atoms with Gasteiger partial charge in [-0.3, -0.25) is 0 Å². The third-order valence-corrected chi connectivity index (χ3v) is 5.88. The summed E-state index contributed by atoms with van der Waals surface area (Å²) in [4.78, 5) is 4.64. The lowest BCUT2D eigenvalue weighted by Gasteiger charge is -2.19. The molecule has 0 bridgehead atoms. The van der Waals surface area contributed by atoms with Gasteiger partial charge in [-0.05, 0) is 30.7 Å². The smallest absolute Gasteiger partial charge is 0.247 e. The topological polar surface area (TPSA) is 59.9 Å². The average Bonchev–Trinajstić information content (AvgIpc) is 2.95. The molecule has 5 rings (SSSR count). The van der Waals surface area contributed by atoms with Gasteiger partial charge in [-0.15, -0.1) is 10.2 Å². The van der Waals surface area contributed by atoms with Crippen molar-refractivity contribution in [3.8, 4) is 17.1 Å². The number of rotatable bonds is 4. The lowest BCUT2D eigenvalue weighted by atomic mass is 10.1. The van der Waals surface area contributed by atoms with Crippen molar-refractivity contribution in [2.24, 2.45) is 0 Å². The molecule has 4 aromatic rings. The van der Waals surface area contributed by atoms with Crippen LogP contribution >= 0.6 is 11.8 Å². The van der Waals surface area contributed by atoms with Gasteiger partial charge < -0.3 is 10.1 Å². The van der Waals surface area contributed by atoms with E-state index in [0.29, 0.717) is 22.3 Å². The summed E-state index contributed by atoms with van der Waals surface area (Å²) in [5.41, 5.74) is 5.29. The molecule has 0 amide bonds. The third-order valence-electron chi connectivity index (χ3n) is 4.97. The quantitative estimate of drug-likeness (QED) is 0.414. The second-order valence-electron chi connectivity index (χ2n) is 7.27. The normalized spacial score (nSPS) is 14.6. The van der Waals surface area contributed by atoms with Crippen LogP contribution in [0.15, 0.2) is 78.0 Å². The predicted molar refractivity (Wildman–Crippen MR) is 119 cm³/mol. The first kappa shape index (κ1) is 19.5. The predicted octanol–water partition coefficient (Wildman–Crippen LogP) is 5.78. The van der Waals surface area contributed by atoms with Crippen molar-refractivity contribution in [2.45, 2.75) is 24.1 Å². The Kier molecular flexibility index (Phi) is 5.26. The van der Waals surface area contributed by atoms with Crippen LogP contribution in [0.4, 0.5) is 10.1 Å². The minimum Gasteiger partial charge on any atom is -0.448 e. The molecule has 154 valence electrons. The van der Waals surface area contributed by atoms with Crippen molar-refractivity contribution in [1.82, 2.24) is 15.2 Å². The number of ether oxygens (including phenoxy) is 1. The van der Waals surface area contributed by atoms with Crippen molar-refractivity contribution in [3.63, 3.8) is 0 Å². The highest BCUT2D eigenvalue weighted by atomic mass is 32.2. The molecule has 0 radical (unpaired) electrons. The lowest BCUT2D eigenvalue weighted by molar-refractivity contribution is 0.225. The number of nitrogens with one attached hydrogen (secondary N) is 1. The molecule has 1 aliphatic heterocycles. The van der Waals surface area contributed by atoms with E-state index in [0.717, 1.165) is 17.0 Å².